The number of nitrogens with zero attached hydrogens (tertiary/aromatic N) is 4. The van der Waals surface area contributed by atoms with E-state index in [4.69, 9.17) is 16.9 Å². The van der Waals surface area contributed by atoms with E-state index < -0.39 is 18.7 Å². The quantitative estimate of drug-likeness (QED) is 0.274. The molecule has 4 nitrogen and oxygen atoms in total. The molecule has 8 heteroatoms. The number of alkyl halides is 3. The number of aromatic nitrogens is 1. The van der Waals surface area contributed by atoms with Gasteiger partial charge in [0.15, 0.2) is 0 Å². The molecule has 0 saturated carbocycles. The zero-order chi connectivity index (χ0) is 13.8. The average molecular weight is 277 g/mol. The lowest BCUT2D eigenvalue weighted by Crippen LogP contribution is -2.40. The highest BCUT2D eigenvalue weighted by atomic mass is 35.5. The number of hydrogen-bond donors (Lipinski definition) is 0. The molecule has 0 aromatic carbocycles. The van der Waals surface area contributed by atoms with Crippen LogP contribution < -0.4 is 0 Å². The van der Waals surface area contributed by atoms with Gasteiger partial charge in [0.05, 0.1) is 6.54 Å². The van der Waals surface area contributed by atoms with Gasteiger partial charge in [-0.05, 0) is 18.6 Å². The highest BCUT2D eigenvalue weighted by Crippen LogP contribution is 2.24. The monoisotopic (exact) mass is 276 g/mol. The van der Waals surface area contributed by atoms with Gasteiger partial charge in [0, 0.05) is 6.20 Å². The van der Waals surface area contributed by atoms with Crippen molar-refractivity contribution in [1.29, 1.82) is 5.26 Å². The molecule has 0 aliphatic rings. The topological polar surface area (TPSA) is 52.3 Å². The van der Waals surface area contributed by atoms with Crippen LogP contribution in [0.25, 0.3) is 0 Å². The third-order valence-electron chi connectivity index (χ3n) is 2.04. The van der Waals surface area contributed by atoms with Crippen LogP contribution in [0.5, 0.6) is 0 Å². The summed E-state index contributed by atoms with van der Waals surface area (Å²) in [6.45, 7) is 0.630. The molecule has 0 spiro atoms. The van der Waals surface area contributed by atoms with Crippen LogP contribution in [-0.2, 0) is 6.54 Å². The zero-order valence-corrected chi connectivity index (χ0v) is 10.00. The lowest BCUT2D eigenvalue weighted by atomic mass is 10.2. The fourth-order valence-corrected chi connectivity index (χ4v) is 1.31. The Morgan fingerprint density at radius 1 is 1.56 bits per heavy atom. The molecule has 96 valence electrons. The molecular weight excluding hydrogens is 269 g/mol. The van der Waals surface area contributed by atoms with Crippen LogP contribution in [0.4, 0.5) is 13.2 Å². The van der Waals surface area contributed by atoms with Gasteiger partial charge in [-0.15, -0.1) is 0 Å². The Kier molecular flexibility index (Phi) is 4.50. The van der Waals surface area contributed by atoms with Gasteiger partial charge in [-0.2, -0.15) is 23.4 Å². The molecule has 0 radical (unpaired) electrons. The second-order valence-electron chi connectivity index (χ2n) is 3.30. The van der Waals surface area contributed by atoms with Gasteiger partial charge >= 0.3 is 6.30 Å². The summed E-state index contributed by atoms with van der Waals surface area (Å²) in [5.41, 5.74) is 0.309. The Balaban J connectivity index is 2.97. The Morgan fingerprint density at radius 2 is 2.22 bits per heavy atom. The fraction of sp³-hybridized carbons (Fsp3) is 0.300. The largest absolute Gasteiger partial charge is 0.486 e. The molecule has 0 amide bonds. The molecule has 1 heterocycles. The predicted molar refractivity (Wildman–Crippen MR) is 59.6 cm³/mol. The number of pyridine rings is 1. The van der Waals surface area contributed by atoms with E-state index in [1.807, 2.05) is 0 Å². The molecule has 0 fully saturated rings. The van der Waals surface area contributed by atoms with Crippen molar-refractivity contribution in [2.45, 2.75) is 19.8 Å². The first-order valence-electron chi connectivity index (χ1n) is 4.72. The van der Waals surface area contributed by atoms with E-state index in [1.54, 1.807) is 0 Å². The van der Waals surface area contributed by atoms with Crippen LogP contribution >= 0.6 is 11.6 Å². The van der Waals surface area contributed by atoms with Gasteiger partial charge in [0.2, 0.25) is 6.19 Å². The van der Waals surface area contributed by atoms with Crippen molar-refractivity contribution in [3.63, 3.8) is 0 Å². The SMILES string of the molecule is CC(=NC#N)N(Cc1ccc(Cl)nc1)C(F)(F)F. The van der Waals surface area contributed by atoms with Gasteiger partial charge < -0.3 is 0 Å². The summed E-state index contributed by atoms with van der Waals surface area (Å²) in [6, 6.07) is 2.82. The van der Waals surface area contributed by atoms with E-state index in [0.29, 0.717) is 5.56 Å². The number of aliphatic imine (C=N–C) groups is 1. The van der Waals surface area contributed by atoms with Crippen LogP contribution in [0.1, 0.15) is 12.5 Å². The summed E-state index contributed by atoms with van der Waals surface area (Å²) in [7, 11) is 0. The molecule has 0 saturated heterocycles. The molecule has 1 aromatic heterocycles. The molecule has 0 aliphatic heterocycles. The highest BCUT2D eigenvalue weighted by molar-refractivity contribution is 6.29. The van der Waals surface area contributed by atoms with Gasteiger partial charge in [-0.3, -0.25) is 4.90 Å². The van der Waals surface area contributed by atoms with Gasteiger partial charge in [0.25, 0.3) is 0 Å². The maximum Gasteiger partial charge on any atom is 0.486 e. The van der Waals surface area contributed by atoms with Gasteiger partial charge in [-0.1, -0.05) is 17.7 Å². The molecule has 1 aromatic rings. The molecule has 0 bridgehead atoms. The van der Waals surface area contributed by atoms with Crippen molar-refractivity contribution < 1.29 is 13.2 Å². The van der Waals surface area contributed by atoms with E-state index in [1.165, 1.54) is 24.5 Å². The van der Waals surface area contributed by atoms with E-state index in [-0.39, 0.29) is 10.1 Å². The molecule has 1 rings (SSSR count). The lowest BCUT2D eigenvalue weighted by molar-refractivity contribution is -0.221. The third-order valence-corrected chi connectivity index (χ3v) is 2.26. The first-order chi connectivity index (χ1) is 8.34. The number of rotatable bonds is 2. The van der Waals surface area contributed by atoms with Crippen molar-refractivity contribution in [1.82, 2.24) is 9.88 Å². The normalized spacial score (nSPS) is 12.1. The minimum Gasteiger partial charge on any atom is -0.266 e. The van der Waals surface area contributed by atoms with Gasteiger partial charge in [-0.25, -0.2) is 4.98 Å². The number of amidine groups is 1. The summed E-state index contributed by atoms with van der Waals surface area (Å²) < 4.78 is 38.2. The fourth-order valence-electron chi connectivity index (χ4n) is 1.20. The van der Waals surface area contributed by atoms with E-state index >= 15 is 0 Å². The molecular formula is C10H8ClF3N4. The Bertz CT molecular complexity index is 475. The van der Waals surface area contributed by atoms with Crippen LogP contribution in [0.15, 0.2) is 23.3 Å². The highest BCUT2D eigenvalue weighted by Gasteiger charge is 2.38. The van der Waals surface area contributed by atoms with Crippen molar-refractivity contribution >= 4 is 17.4 Å². The van der Waals surface area contributed by atoms with E-state index in [9.17, 15) is 13.2 Å². The first-order valence-corrected chi connectivity index (χ1v) is 5.10. The van der Waals surface area contributed by atoms with Crippen molar-refractivity contribution in [2.24, 2.45) is 4.99 Å². The number of nitriles is 1. The molecule has 18 heavy (non-hydrogen) atoms. The average Bonchev–Trinajstić information content (AvgIpc) is 2.26. The van der Waals surface area contributed by atoms with Gasteiger partial charge in [0.1, 0.15) is 11.0 Å². The second-order valence-corrected chi connectivity index (χ2v) is 3.69. The molecule has 0 aliphatic carbocycles. The van der Waals surface area contributed by atoms with Crippen molar-refractivity contribution in [3.8, 4) is 6.19 Å². The maximum atomic E-state index is 12.7. The van der Waals surface area contributed by atoms with Crippen LogP contribution in [0.2, 0.25) is 5.15 Å². The summed E-state index contributed by atoms with van der Waals surface area (Å²) in [6.07, 6.45) is -2.06. The zero-order valence-electron chi connectivity index (χ0n) is 9.24. The summed E-state index contributed by atoms with van der Waals surface area (Å²) in [5, 5.41) is 8.49. The maximum absolute atomic E-state index is 12.7. The minimum atomic E-state index is -4.62. The van der Waals surface area contributed by atoms with Crippen LogP contribution in [0.3, 0.4) is 0 Å². The second kappa shape index (κ2) is 5.69. The Labute approximate surface area is 106 Å². The molecule has 0 atom stereocenters. The van der Waals surface area contributed by atoms with Crippen molar-refractivity contribution in [2.75, 3.05) is 0 Å². The number of hydrogen-bond acceptors (Lipinski definition) is 3. The summed E-state index contributed by atoms with van der Waals surface area (Å²) in [5.74, 6) is -0.431. The Hall–Kier alpha value is -1.81. The molecule has 0 N–H and O–H groups in total. The summed E-state index contributed by atoms with van der Waals surface area (Å²) in [4.78, 5) is 6.83. The smallest absolute Gasteiger partial charge is 0.266 e. The lowest BCUT2D eigenvalue weighted by Gasteiger charge is -2.25. The summed E-state index contributed by atoms with van der Waals surface area (Å²) >= 11 is 5.54. The van der Waals surface area contributed by atoms with E-state index in [2.05, 4.69) is 9.98 Å². The predicted octanol–water partition coefficient (Wildman–Crippen LogP) is 2.96. The first kappa shape index (κ1) is 14.3. The van der Waals surface area contributed by atoms with Crippen LogP contribution in [-0.4, -0.2) is 22.0 Å². The van der Waals surface area contributed by atoms with Crippen LogP contribution in [0, 0.1) is 11.5 Å². The standard InChI is InChI=1S/C10H8ClF3N4/c1-7(17-6-15)18(10(12,13)14)5-8-2-3-9(11)16-4-8/h2-4H,5H2,1H3. The third kappa shape index (κ3) is 3.89. The minimum absolute atomic E-state index is 0.0567. The number of halogens is 4. The Morgan fingerprint density at radius 3 is 2.67 bits per heavy atom. The molecule has 0 unspecified atom stereocenters. The van der Waals surface area contributed by atoms with E-state index in [0.717, 1.165) is 6.92 Å². The van der Waals surface area contributed by atoms with Crippen molar-refractivity contribution in [3.05, 3.63) is 29.0 Å².